The molecular formula is C15H14FNO4S. The lowest BCUT2D eigenvalue weighted by Gasteiger charge is -2.19. The zero-order valence-corrected chi connectivity index (χ0v) is 12.4. The van der Waals surface area contributed by atoms with Crippen LogP contribution in [0.5, 0.6) is 11.5 Å². The number of ether oxygens (including phenoxy) is 2. The lowest BCUT2D eigenvalue weighted by atomic mass is 10.2. The summed E-state index contributed by atoms with van der Waals surface area (Å²) in [7, 11) is -3.79. The summed E-state index contributed by atoms with van der Waals surface area (Å²) in [6, 6.07) is 10.6. The van der Waals surface area contributed by atoms with Crippen molar-refractivity contribution < 1.29 is 22.3 Å². The number of anilines is 1. The molecule has 2 aromatic rings. The number of fused-ring (bicyclic) bond motifs is 1. The number of benzene rings is 2. The predicted octanol–water partition coefficient (Wildman–Crippen LogP) is 2.73. The highest BCUT2D eigenvalue weighted by Gasteiger charge is 2.17. The molecule has 2 aromatic carbocycles. The summed E-state index contributed by atoms with van der Waals surface area (Å²) >= 11 is 0. The quantitative estimate of drug-likeness (QED) is 0.939. The molecule has 3 rings (SSSR count). The van der Waals surface area contributed by atoms with E-state index in [1.807, 2.05) is 0 Å². The van der Waals surface area contributed by atoms with Crippen LogP contribution in [0.4, 0.5) is 10.1 Å². The van der Waals surface area contributed by atoms with Crippen molar-refractivity contribution in [3.8, 4) is 11.5 Å². The van der Waals surface area contributed by atoms with Gasteiger partial charge < -0.3 is 9.47 Å². The monoisotopic (exact) mass is 323 g/mol. The number of rotatable bonds is 4. The first-order valence-electron chi connectivity index (χ1n) is 6.66. The molecule has 22 heavy (non-hydrogen) atoms. The molecule has 0 amide bonds. The zero-order valence-electron chi connectivity index (χ0n) is 11.6. The van der Waals surface area contributed by atoms with Crippen LogP contribution in [0.25, 0.3) is 0 Å². The second-order valence-corrected chi connectivity index (χ2v) is 6.43. The number of sulfonamides is 1. The predicted molar refractivity (Wildman–Crippen MR) is 79.5 cm³/mol. The third-order valence-corrected chi connectivity index (χ3v) is 4.54. The van der Waals surface area contributed by atoms with E-state index in [0.29, 0.717) is 36.0 Å². The SMILES string of the molecule is O=S(=O)(Nc1ccc2c(c1)OCCO2)c1cccc(CF)c1. The largest absolute Gasteiger partial charge is 0.486 e. The van der Waals surface area contributed by atoms with Crippen molar-refractivity contribution in [2.24, 2.45) is 0 Å². The van der Waals surface area contributed by atoms with Crippen molar-refractivity contribution in [3.05, 3.63) is 48.0 Å². The van der Waals surface area contributed by atoms with Crippen molar-refractivity contribution >= 4 is 15.7 Å². The summed E-state index contributed by atoms with van der Waals surface area (Å²) < 4.78 is 50.6. The zero-order chi connectivity index (χ0) is 15.6. The van der Waals surface area contributed by atoms with Crippen LogP contribution in [0.15, 0.2) is 47.4 Å². The van der Waals surface area contributed by atoms with Crippen molar-refractivity contribution in [2.75, 3.05) is 17.9 Å². The second kappa shape index (κ2) is 5.84. The Hall–Kier alpha value is -2.28. The summed E-state index contributed by atoms with van der Waals surface area (Å²) in [4.78, 5) is 0.0116. The van der Waals surface area contributed by atoms with Crippen LogP contribution < -0.4 is 14.2 Å². The maximum Gasteiger partial charge on any atom is 0.261 e. The van der Waals surface area contributed by atoms with Gasteiger partial charge in [0.05, 0.1) is 10.6 Å². The molecule has 1 aliphatic heterocycles. The second-order valence-electron chi connectivity index (χ2n) is 4.74. The van der Waals surface area contributed by atoms with E-state index in [9.17, 15) is 12.8 Å². The molecule has 0 radical (unpaired) electrons. The van der Waals surface area contributed by atoms with Crippen LogP contribution >= 0.6 is 0 Å². The van der Waals surface area contributed by atoms with Gasteiger partial charge in [0, 0.05) is 6.07 Å². The summed E-state index contributed by atoms with van der Waals surface area (Å²) in [5.74, 6) is 1.07. The minimum atomic E-state index is -3.79. The van der Waals surface area contributed by atoms with Gasteiger partial charge in [0.25, 0.3) is 10.0 Å². The topological polar surface area (TPSA) is 64.6 Å². The standard InChI is InChI=1S/C15H14FNO4S/c16-10-11-2-1-3-13(8-11)22(18,19)17-12-4-5-14-15(9-12)21-7-6-20-14/h1-5,8-9,17H,6-7,10H2. The Labute approximate surface area is 127 Å². The highest BCUT2D eigenvalue weighted by atomic mass is 32.2. The van der Waals surface area contributed by atoms with Gasteiger partial charge in [0.1, 0.15) is 19.9 Å². The minimum Gasteiger partial charge on any atom is -0.486 e. The summed E-state index contributed by atoms with van der Waals surface area (Å²) in [5, 5.41) is 0. The van der Waals surface area contributed by atoms with E-state index >= 15 is 0 Å². The van der Waals surface area contributed by atoms with Gasteiger partial charge in [0.15, 0.2) is 11.5 Å². The lowest BCUT2D eigenvalue weighted by molar-refractivity contribution is 0.171. The van der Waals surface area contributed by atoms with Crippen LogP contribution in [0.1, 0.15) is 5.56 Å². The summed E-state index contributed by atoms with van der Waals surface area (Å²) in [5.41, 5.74) is 0.667. The van der Waals surface area contributed by atoms with E-state index in [-0.39, 0.29) is 4.90 Å². The van der Waals surface area contributed by atoms with Gasteiger partial charge in [0.2, 0.25) is 0 Å². The molecule has 1 aliphatic rings. The van der Waals surface area contributed by atoms with Crippen molar-refractivity contribution in [1.29, 1.82) is 0 Å². The highest BCUT2D eigenvalue weighted by molar-refractivity contribution is 7.92. The van der Waals surface area contributed by atoms with Gasteiger partial charge in [-0.25, -0.2) is 12.8 Å². The molecule has 5 nitrogen and oxygen atoms in total. The van der Waals surface area contributed by atoms with Gasteiger partial charge in [-0.1, -0.05) is 12.1 Å². The molecule has 0 aromatic heterocycles. The molecule has 0 saturated carbocycles. The molecule has 0 bridgehead atoms. The van der Waals surface area contributed by atoms with E-state index in [4.69, 9.17) is 9.47 Å². The Bertz CT molecular complexity index is 792. The summed E-state index contributed by atoms with van der Waals surface area (Å²) in [6.45, 7) is 0.170. The van der Waals surface area contributed by atoms with Gasteiger partial charge in [-0.15, -0.1) is 0 Å². The van der Waals surface area contributed by atoms with E-state index in [1.165, 1.54) is 24.3 Å². The Kier molecular flexibility index (Phi) is 3.89. The lowest BCUT2D eigenvalue weighted by Crippen LogP contribution is -2.16. The smallest absolute Gasteiger partial charge is 0.261 e. The van der Waals surface area contributed by atoms with Gasteiger partial charge >= 0.3 is 0 Å². The molecule has 7 heteroatoms. The van der Waals surface area contributed by atoms with Crippen LogP contribution in [0, 0.1) is 0 Å². The number of halogens is 1. The third kappa shape index (κ3) is 2.99. The minimum absolute atomic E-state index is 0.0116. The highest BCUT2D eigenvalue weighted by Crippen LogP contribution is 2.33. The van der Waals surface area contributed by atoms with E-state index in [1.54, 1.807) is 18.2 Å². The normalized spacial score (nSPS) is 13.7. The fourth-order valence-electron chi connectivity index (χ4n) is 2.12. The van der Waals surface area contributed by atoms with Crippen molar-refractivity contribution in [2.45, 2.75) is 11.6 Å². The maximum atomic E-state index is 12.7. The fourth-order valence-corrected chi connectivity index (χ4v) is 3.24. The summed E-state index contributed by atoms with van der Waals surface area (Å²) in [6.07, 6.45) is 0. The maximum absolute atomic E-state index is 12.7. The average molecular weight is 323 g/mol. The van der Waals surface area contributed by atoms with E-state index < -0.39 is 16.7 Å². The average Bonchev–Trinajstić information content (AvgIpc) is 2.54. The first-order chi connectivity index (χ1) is 10.6. The number of alkyl halides is 1. The van der Waals surface area contributed by atoms with E-state index in [0.717, 1.165) is 0 Å². The molecular weight excluding hydrogens is 309 g/mol. The Morgan fingerprint density at radius 1 is 1.05 bits per heavy atom. The molecule has 0 unspecified atom stereocenters. The Morgan fingerprint density at radius 2 is 1.82 bits per heavy atom. The van der Waals surface area contributed by atoms with Gasteiger partial charge in [-0.05, 0) is 29.8 Å². The molecule has 0 saturated heterocycles. The van der Waals surface area contributed by atoms with Crippen LogP contribution in [-0.4, -0.2) is 21.6 Å². The van der Waals surface area contributed by atoms with Crippen molar-refractivity contribution in [3.63, 3.8) is 0 Å². The number of hydrogen-bond donors (Lipinski definition) is 1. The third-order valence-electron chi connectivity index (χ3n) is 3.16. The molecule has 0 atom stereocenters. The van der Waals surface area contributed by atoms with Gasteiger partial charge in [-0.3, -0.25) is 4.72 Å². The number of nitrogens with one attached hydrogen (secondary N) is 1. The first kappa shape index (κ1) is 14.6. The Morgan fingerprint density at radius 3 is 2.59 bits per heavy atom. The number of hydrogen-bond acceptors (Lipinski definition) is 4. The first-order valence-corrected chi connectivity index (χ1v) is 8.14. The molecule has 116 valence electrons. The van der Waals surface area contributed by atoms with E-state index in [2.05, 4.69) is 4.72 Å². The molecule has 1 heterocycles. The van der Waals surface area contributed by atoms with Crippen LogP contribution in [0.2, 0.25) is 0 Å². The molecule has 0 fully saturated rings. The Balaban J connectivity index is 1.87. The fraction of sp³-hybridized carbons (Fsp3) is 0.200. The van der Waals surface area contributed by atoms with Crippen LogP contribution in [-0.2, 0) is 16.7 Å². The van der Waals surface area contributed by atoms with Crippen LogP contribution in [0.3, 0.4) is 0 Å². The van der Waals surface area contributed by atoms with Gasteiger partial charge in [-0.2, -0.15) is 0 Å². The molecule has 0 spiro atoms. The molecule has 1 N–H and O–H groups in total. The molecule has 0 aliphatic carbocycles. The van der Waals surface area contributed by atoms with Crippen molar-refractivity contribution in [1.82, 2.24) is 0 Å².